The van der Waals surface area contributed by atoms with Gasteiger partial charge in [0.15, 0.2) is 11.5 Å². The van der Waals surface area contributed by atoms with Gasteiger partial charge in [0.2, 0.25) is 5.75 Å². The third-order valence-corrected chi connectivity index (χ3v) is 2.62. The molecule has 5 nitrogen and oxygen atoms in total. The molecule has 0 saturated carbocycles. The van der Waals surface area contributed by atoms with Gasteiger partial charge in [0.05, 0.1) is 19.9 Å². The van der Waals surface area contributed by atoms with Gasteiger partial charge in [-0.25, -0.2) is 0 Å². The third kappa shape index (κ3) is 2.65. The molecule has 0 aliphatic carbocycles. The molecule has 0 bridgehead atoms. The Bertz CT molecular complexity index is 568. The molecule has 0 fully saturated rings. The molecule has 0 unspecified atom stereocenters. The molecule has 0 atom stereocenters. The summed E-state index contributed by atoms with van der Waals surface area (Å²) in [6.45, 7) is 0. The highest BCUT2D eigenvalue weighted by molar-refractivity contribution is 5.66. The fourth-order valence-corrected chi connectivity index (χ4v) is 1.71. The Morgan fingerprint density at radius 3 is 2.00 bits per heavy atom. The minimum Gasteiger partial charge on any atom is -0.491 e. The van der Waals surface area contributed by atoms with Crippen molar-refractivity contribution in [2.24, 2.45) is 0 Å². The largest absolute Gasteiger partial charge is 0.491 e. The number of methoxy groups -OCH3 is 2. The van der Waals surface area contributed by atoms with Crippen LogP contribution in [0.4, 0.5) is 11.4 Å². The normalized spacial score (nSPS) is 10.0. The van der Waals surface area contributed by atoms with Gasteiger partial charge in [-0.1, -0.05) is 0 Å². The van der Waals surface area contributed by atoms with Crippen molar-refractivity contribution in [3.05, 3.63) is 36.4 Å². The Morgan fingerprint density at radius 2 is 1.42 bits per heavy atom. The van der Waals surface area contributed by atoms with Gasteiger partial charge >= 0.3 is 0 Å². The molecule has 0 spiro atoms. The van der Waals surface area contributed by atoms with E-state index < -0.39 is 0 Å². The van der Waals surface area contributed by atoms with E-state index >= 15 is 0 Å². The molecule has 5 heteroatoms. The Balaban J connectivity index is 2.37. The van der Waals surface area contributed by atoms with E-state index in [9.17, 15) is 0 Å². The van der Waals surface area contributed by atoms with Crippen molar-refractivity contribution in [3.63, 3.8) is 0 Å². The summed E-state index contributed by atoms with van der Waals surface area (Å²) in [5.41, 5.74) is 12.6. The average Bonchev–Trinajstić information content (AvgIpc) is 2.42. The summed E-state index contributed by atoms with van der Waals surface area (Å²) in [5, 5.41) is 0. The minimum atomic E-state index is 0.454. The van der Waals surface area contributed by atoms with Crippen LogP contribution in [-0.2, 0) is 0 Å². The molecule has 0 aliphatic rings. The van der Waals surface area contributed by atoms with Gasteiger partial charge in [-0.3, -0.25) is 0 Å². The fourth-order valence-electron chi connectivity index (χ4n) is 1.71. The van der Waals surface area contributed by atoms with Crippen molar-refractivity contribution in [2.45, 2.75) is 0 Å². The van der Waals surface area contributed by atoms with Gasteiger partial charge < -0.3 is 25.7 Å². The SMILES string of the molecule is COc1c(N)ccc(Oc2ccc(N)cc2)c1OC. The zero-order valence-electron chi connectivity index (χ0n) is 10.8. The summed E-state index contributed by atoms with van der Waals surface area (Å²) in [5.74, 6) is 2.09. The van der Waals surface area contributed by atoms with Crippen molar-refractivity contribution in [1.29, 1.82) is 0 Å². The third-order valence-electron chi connectivity index (χ3n) is 2.62. The van der Waals surface area contributed by atoms with Gasteiger partial charge in [-0.15, -0.1) is 0 Å². The summed E-state index contributed by atoms with van der Waals surface area (Å²) in [6, 6.07) is 10.5. The molecule has 2 aromatic carbocycles. The van der Waals surface area contributed by atoms with E-state index in [2.05, 4.69) is 0 Å². The van der Waals surface area contributed by atoms with Crippen LogP contribution in [0.1, 0.15) is 0 Å². The monoisotopic (exact) mass is 260 g/mol. The first-order chi connectivity index (χ1) is 9.15. The van der Waals surface area contributed by atoms with Crippen molar-refractivity contribution in [3.8, 4) is 23.0 Å². The number of rotatable bonds is 4. The molecule has 2 aromatic rings. The van der Waals surface area contributed by atoms with Crippen molar-refractivity contribution >= 4 is 11.4 Å². The van der Waals surface area contributed by atoms with E-state index in [4.69, 9.17) is 25.7 Å². The summed E-state index contributed by atoms with van der Waals surface area (Å²) in [6.07, 6.45) is 0. The van der Waals surface area contributed by atoms with Crippen LogP contribution >= 0.6 is 0 Å². The molecule has 19 heavy (non-hydrogen) atoms. The van der Waals surface area contributed by atoms with Crippen LogP contribution in [0.25, 0.3) is 0 Å². The number of nitrogens with two attached hydrogens (primary N) is 2. The molecular formula is C14H16N2O3. The lowest BCUT2D eigenvalue weighted by molar-refractivity contribution is 0.337. The second kappa shape index (κ2) is 5.39. The van der Waals surface area contributed by atoms with Crippen LogP contribution in [0, 0.1) is 0 Å². The molecule has 0 heterocycles. The quantitative estimate of drug-likeness (QED) is 0.826. The Kier molecular flexibility index (Phi) is 3.66. The molecule has 2 rings (SSSR count). The minimum absolute atomic E-state index is 0.454. The maximum atomic E-state index is 5.81. The van der Waals surface area contributed by atoms with Gasteiger partial charge in [-0.2, -0.15) is 0 Å². The van der Waals surface area contributed by atoms with Crippen LogP contribution in [-0.4, -0.2) is 14.2 Å². The molecule has 0 saturated heterocycles. The molecule has 0 aromatic heterocycles. The van der Waals surface area contributed by atoms with Gasteiger partial charge in [0.1, 0.15) is 5.75 Å². The molecule has 100 valence electrons. The fraction of sp³-hybridized carbons (Fsp3) is 0.143. The molecule has 0 aliphatic heterocycles. The van der Waals surface area contributed by atoms with Crippen molar-refractivity contribution < 1.29 is 14.2 Å². The number of anilines is 2. The summed E-state index contributed by atoms with van der Waals surface area (Å²) in [4.78, 5) is 0. The van der Waals surface area contributed by atoms with Gasteiger partial charge in [0, 0.05) is 5.69 Å². The highest BCUT2D eigenvalue weighted by atomic mass is 16.5. The van der Waals surface area contributed by atoms with E-state index in [0.29, 0.717) is 34.4 Å². The van der Waals surface area contributed by atoms with Crippen LogP contribution in [0.2, 0.25) is 0 Å². The maximum Gasteiger partial charge on any atom is 0.206 e. The first-order valence-corrected chi connectivity index (χ1v) is 5.69. The first kappa shape index (κ1) is 12.9. The van der Waals surface area contributed by atoms with Crippen molar-refractivity contribution in [2.75, 3.05) is 25.7 Å². The Morgan fingerprint density at radius 1 is 0.789 bits per heavy atom. The lowest BCUT2D eigenvalue weighted by Gasteiger charge is -2.15. The average molecular weight is 260 g/mol. The molecule has 0 radical (unpaired) electrons. The molecule has 4 N–H and O–H groups in total. The van der Waals surface area contributed by atoms with Crippen LogP contribution < -0.4 is 25.7 Å². The Labute approximate surface area is 111 Å². The van der Waals surface area contributed by atoms with E-state index in [1.165, 1.54) is 14.2 Å². The lowest BCUT2D eigenvalue weighted by atomic mass is 10.2. The summed E-state index contributed by atoms with van der Waals surface area (Å²) >= 11 is 0. The molecular weight excluding hydrogens is 244 g/mol. The predicted octanol–water partition coefficient (Wildman–Crippen LogP) is 2.66. The van der Waals surface area contributed by atoms with Gasteiger partial charge in [-0.05, 0) is 36.4 Å². The Hall–Kier alpha value is -2.56. The number of hydrogen-bond acceptors (Lipinski definition) is 5. The van der Waals surface area contributed by atoms with E-state index in [1.807, 2.05) is 0 Å². The highest BCUT2D eigenvalue weighted by Gasteiger charge is 2.15. The topological polar surface area (TPSA) is 79.7 Å². The second-order valence-corrected chi connectivity index (χ2v) is 3.89. The number of hydrogen-bond donors (Lipinski definition) is 2. The van der Waals surface area contributed by atoms with E-state index in [-0.39, 0.29) is 0 Å². The zero-order valence-corrected chi connectivity index (χ0v) is 10.8. The first-order valence-electron chi connectivity index (χ1n) is 5.69. The van der Waals surface area contributed by atoms with Crippen molar-refractivity contribution in [1.82, 2.24) is 0 Å². The van der Waals surface area contributed by atoms with Crippen LogP contribution in [0.15, 0.2) is 36.4 Å². The van der Waals surface area contributed by atoms with Gasteiger partial charge in [0.25, 0.3) is 0 Å². The highest BCUT2D eigenvalue weighted by Crippen LogP contribution is 2.43. The van der Waals surface area contributed by atoms with Crippen LogP contribution in [0.5, 0.6) is 23.0 Å². The maximum absolute atomic E-state index is 5.81. The smallest absolute Gasteiger partial charge is 0.206 e. The number of nitrogen functional groups attached to an aromatic ring is 2. The zero-order chi connectivity index (χ0) is 13.8. The summed E-state index contributed by atoms with van der Waals surface area (Å²) in [7, 11) is 3.06. The summed E-state index contributed by atoms with van der Waals surface area (Å²) < 4.78 is 16.2. The second-order valence-electron chi connectivity index (χ2n) is 3.89. The molecule has 0 amide bonds. The number of ether oxygens (including phenoxy) is 3. The van der Waals surface area contributed by atoms with E-state index in [0.717, 1.165) is 0 Å². The predicted molar refractivity (Wildman–Crippen MR) is 74.9 cm³/mol. The number of benzene rings is 2. The standard InChI is InChI=1S/C14H16N2O3/c1-17-13-11(16)7-8-12(14(13)18-2)19-10-5-3-9(15)4-6-10/h3-8H,15-16H2,1-2H3. The lowest BCUT2D eigenvalue weighted by Crippen LogP contribution is -1.98. The van der Waals surface area contributed by atoms with Crippen LogP contribution in [0.3, 0.4) is 0 Å². The van der Waals surface area contributed by atoms with E-state index in [1.54, 1.807) is 36.4 Å².